The van der Waals surface area contributed by atoms with E-state index in [9.17, 15) is 9.59 Å². The normalized spacial score (nSPS) is 22.6. The van der Waals surface area contributed by atoms with Crippen LogP contribution in [0.15, 0.2) is 24.3 Å². The molecule has 1 aliphatic heterocycles. The number of hydrogen-bond acceptors (Lipinski definition) is 3. The van der Waals surface area contributed by atoms with Crippen molar-refractivity contribution in [3.8, 4) is 0 Å². The lowest BCUT2D eigenvalue weighted by atomic mass is 9.92. The minimum absolute atomic E-state index is 0. The second kappa shape index (κ2) is 8.68. The molecule has 5 nitrogen and oxygen atoms in total. The van der Waals surface area contributed by atoms with Crippen LogP contribution in [0.5, 0.6) is 0 Å². The third-order valence-corrected chi connectivity index (χ3v) is 4.96. The highest BCUT2D eigenvalue weighted by atomic mass is 35.5. The maximum absolute atomic E-state index is 12.4. The summed E-state index contributed by atoms with van der Waals surface area (Å²) in [5.74, 6) is 0.332. The molecule has 0 bridgehead atoms. The zero-order chi connectivity index (χ0) is 17.1. The van der Waals surface area contributed by atoms with Crippen molar-refractivity contribution in [3.05, 3.63) is 29.8 Å². The van der Waals surface area contributed by atoms with E-state index in [1.807, 2.05) is 29.2 Å². The van der Waals surface area contributed by atoms with E-state index in [-0.39, 0.29) is 30.1 Å². The molecular weight excluding hydrogens is 338 g/mol. The van der Waals surface area contributed by atoms with Crippen LogP contribution >= 0.6 is 12.4 Å². The molecule has 1 aromatic rings. The summed E-state index contributed by atoms with van der Waals surface area (Å²) in [4.78, 5) is 26.0. The minimum atomic E-state index is 0. The first kappa shape index (κ1) is 19.7. The van der Waals surface area contributed by atoms with Crippen molar-refractivity contribution in [1.82, 2.24) is 10.2 Å². The Balaban J connectivity index is 0.00000225. The van der Waals surface area contributed by atoms with E-state index in [1.54, 1.807) is 6.92 Å². The minimum Gasteiger partial charge on any atom is -0.336 e. The van der Waals surface area contributed by atoms with Gasteiger partial charge in [0.25, 0.3) is 0 Å². The largest absolute Gasteiger partial charge is 0.336 e. The van der Waals surface area contributed by atoms with E-state index in [0.717, 1.165) is 43.5 Å². The quantitative estimate of drug-likeness (QED) is 0.843. The van der Waals surface area contributed by atoms with Crippen molar-refractivity contribution in [3.63, 3.8) is 0 Å². The number of halogens is 1. The van der Waals surface area contributed by atoms with Gasteiger partial charge in [-0.25, -0.2) is 0 Å². The first-order chi connectivity index (χ1) is 11.5. The number of rotatable bonds is 5. The molecule has 2 atom stereocenters. The second-order valence-electron chi connectivity index (χ2n) is 7.14. The first-order valence-electron chi connectivity index (χ1n) is 8.93. The molecule has 6 heteroatoms. The molecule has 0 unspecified atom stereocenters. The van der Waals surface area contributed by atoms with Crippen LogP contribution in [0, 0.1) is 5.92 Å². The Morgan fingerprint density at radius 3 is 2.44 bits per heavy atom. The van der Waals surface area contributed by atoms with Gasteiger partial charge < -0.3 is 15.5 Å². The smallest absolute Gasteiger partial charge is 0.227 e. The molecule has 3 rings (SSSR count). The Hall–Kier alpha value is -1.59. The predicted octanol–water partition coefficient (Wildman–Crippen LogP) is 2.95. The molecular formula is C19H28ClN3O2. The molecule has 1 saturated heterocycles. The number of nitrogens with zero attached hydrogens (tertiary/aromatic N) is 1. The van der Waals surface area contributed by atoms with E-state index in [2.05, 4.69) is 17.6 Å². The lowest BCUT2D eigenvalue weighted by Crippen LogP contribution is -2.40. The molecule has 1 heterocycles. The van der Waals surface area contributed by atoms with Crippen molar-refractivity contribution in [2.24, 2.45) is 5.92 Å². The third-order valence-electron chi connectivity index (χ3n) is 4.96. The SMILES string of the molecule is CC(=O)N(Cc1ccc(NC(=O)[C@H]2CCN[C@@H](C)C2)cc1)C1CC1.Cl. The number of piperidine rings is 1. The van der Waals surface area contributed by atoms with Gasteiger partial charge in [0, 0.05) is 37.2 Å². The highest BCUT2D eigenvalue weighted by Crippen LogP contribution is 2.28. The topological polar surface area (TPSA) is 61.4 Å². The zero-order valence-electron chi connectivity index (χ0n) is 15.0. The van der Waals surface area contributed by atoms with Crippen molar-refractivity contribution < 1.29 is 9.59 Å². The van der Waals surface area contributed by atoms with Crippen LogP contribution in [0.1, 0.15) is 45.1 Å². The van der Waals surface area contributed by atoms with Gasteiger partial charge in [-0.15, -0.1) is 12.4 Å². The van der Waals surface area contributed by atoms with E-state index in [4.69, 9.17) is 0 Å². The van der Waals surface area contributed by atoms with Gasteiger partial charge in [0.1, 0.15) is 0 Å². The molecule has 2 aliphatic rings. The van der Waals surface area contributed by atoms with Gasteiger partial charge in [-0.3, -0.25) is 9.59 Å². The molecule has 2 amide bonds. The number of hydrogen-bond donors (Lipinski definition) is 2. The Morgan fingerprint density at radius 2 is 1.88 bits per heavy atom. The molecule has 0 spiro atoms. The highest BCUT2D eigenvalue weighted by molar-refractivity contribution is 5.92. The van der Waals surface area contributed by atoms with Gasteiger partial charge in [-0.1, -0.05) is 12.1 Å². The van der Waals surface area contributed by atoms with E-state index in [0.29, 0.717) is 18.6 Å². The fourth-order valence-corrected chi connectivity index (χ4v) is 3.39. The van der Waals surface area contributed by atoms with Crippen LogP contribution in [-0.2, 0) is 16.1 Å². The van der Waals surface area contributed by atoms with Crippen molar-refractivity contribution in [2.75, 3.05) is 11.9 Å². The molecule has 0 aromatic heterocycles. The number of amides is 2. The average molecular weight is 366 g/mol. The van der Waals surface area contributed by atoms with Gasteiger partial charge in [-0.2, -0.15) is 0 Å². The van der Waals surface area contributed by atoms with Crippen LogP contribution in [0.3, 0.4) is 0 Å². The predicted molar refractivity (Wildman–Crippen MR) is 102 cm³/mol. The van der Waals surface area contributed by atoms with E-state index >= 15 is 0 Å². The first-order valence-corrected chi connectivity index (χ1v) is 8.93. The maximum Gasteiger partial charge on any atom is 0.227 e. The number of anilines is 1. The highest BCUT2D eigenvalue weighted by Gasteiger charge is 2.30. The van der Waals surface area contributed by atoms with Crippen molar-refractivity contribution in [2.45, 2.75) is 58.2 Å². The van der Waals surface area contributed by atoms with Crippen LogP contribution in [-0.4, -0.2) is 35.3 Å². The summed E-state index contributed by atoms with van der Waals surface area (Å²) in [7, 11) is 0. The van der Waals surface area contributed by atoms with Crippen LogP contribution < -0.4 is 10.6 Å². The van der Waals surface area contributed by atoms with Gasteiger partial charge >= 0.3 is 0 Å². The monoisotopic (exact) mass is 365 g/mol. The summed E-state index contributed by atoms with van der Waals surface area (Å²) in [5.41, 5.74) is 1.93. The zero-order valence-corrected chi connectivity index (χ0v) is 15.8. The number of carbonyl (C=O) groups is 2. The van der Waals surface area contributed by atoms with Gasteiger partial charge in [0.15, 0.2) is 0 Å². The van der Waals surface area contributed by atoms with Crippen LogP contribution in [0.4, 0.5) is 5.69 Å². The lowest BCUT2D eigenvalue weighted by molar-refractivity contribution is -0.130. The molecule has 1 aromatic carbocycles. The van der Waals surface area contributed by atoms with Crippen LogP contribution in [0.2, 0.25) is 0 Å². The molecule has 2 N–H and O–H groups in total. The summed E-state index contributed by atoms with van der Waals surface area (Å²) < 4.78 is 0. The third kappa shape index (κ3) is 5.44. The molecule has 1 saturated carbocycles. The van der Waals surface area contributed by atoms with E-state index in [1.165, 1.54) is 0 Å². The summed E-state index contributed by atoms with van der Waals surface area (Å²) >= 11 is 0. The Bertz CT molecular complexity index is 601. The number of carbonyl (C=O) groups excluding carboxylic acids is 2. The Morgan fingerprint density at radius 1 is 1.20 bits per heavy atom. The Kier molecular flexibility index (Phi) is 6.85. The van der Waals surface area contributed by atoms with Gasteiger partial charge in [0.2, 0.25) is 11.8 Å². The van der Waals surface area contributed by atoms with Crippen molar-refractivity contribution in [1.29, 1.82) is 0 Å². The summed E-state index contributed by atoms with van der Waals surface area (Å²) in [6.07, 6.45) is 4.01. The fraction of sp³-hybridized carbons (Fsp3) is 0.579. The van der Waals surface area contributed by atoms with E-state index < -0.39 is 0 Å². The fourth-order valence-electron chi connectivity index (χ4n) is 3.39. The van der Waals surface area contributed by atoms with Gasteiger partial charge in [-0.05, 0) is 56.8 Å². The summed E-state index contributed by atoms with van der Waals surface area (Å²) in [6.45, 7) is 5.31. The summed E-state index contributed by atoms with van der Waals surface area (Å²) in [6, 6.07) is 8.68. The molecule has 25 heavy (non-hydrogen) atoms. The lowest BCUT2D eigenvalue weighted by Gasteiger charge is -2.27. The molecule has 2 fully saturated rings. The number of nitrogens with one attached hydrogen (secondary N) is 2. The Labute approximate surface area is 155 Å². The summed E-state index contributed by atoms with van der Waals surface area (Å²) in [5, 5.41) is 6.39. The average Bonchev–Trinajstić information content (AvgIpc) is 3.38. The van der Waals surface area contributed by atoms with Crippen molar-refractivity contribution >= 4 is 29.9 Å². The molecule has 138 valence electrons. The molecule has 1 aliphatic carbocycles. The van der Waals surface area contributed by atoms with Gasteiger partial charge in [0.05, 0.1) is 0 Å². The maximum atomic E-state index is 12.4. The second-order valence-corrected chi connectivity index (χ2v) is 7.14. The standard InChI is InChI=1S/C19H27N3O2.ClH/c1-13-11-16(9-10-20-13)19(24)21-17-5-3-15(4-6-17)12-22(14(2)23)18-7-8-18;/h3-6,13,16,18,20H,7-12H2,1-2H3,(H,21,24);1H/t13-,16-;/m0./s1. The number of benzene rings is 1. The van der Waals surface area contributed by atoms with Crippen LogP contribution in [0.25, 0.3) is 0 Å². The molecule has 0 radical (unpaired) electrons.